The van der Waals surface area contributed by atoms with Crippen molar-refractivity contribution in [3.63, 3.8) is 0 Å². The number of hydrogen-bond donors (Lipinski definition) is 0. The zero-order valence-corrected chi connectivity index (χ0v) is 16.1. The zero-order chi connectivity index (χ0) is 17.1. The van der Waals surface area contributed by atoms with Crippen LogP contribution in [-0.4, -0.2) is 72.5 Å². The number of amides is 1. The van der Waals surface area contributed by atoms with Crippen molar-refractivity contribution in [1.29, 1.82) is 0 Å². The molecule has 1 aliphatic heterocycles. The minimum atomic E-state index is -0.302. The first-order chi connectivity index (χ1) is 9.93. The predicted molar refractivity (Wildman–Crippen MR) is 94.1 cm³/mol. The van der Waals surface area contributed by atoms with Gasteiger partial charge in [-0.05, 0) is 60.8 Å². The summed E-state index contributed by atoms with van der Waals surface area (Å²) in [6, 6.07) is 0.399. The molecule has 22 heavy (non-hydrogen) atoms. The number of carbonyl (C=O) groups excluding carboxylic acids is 1. The smallest absolute Gasteiger partial charge is 0.228 e. The molecular weight excluding hydrogens is 274 g/mol. The van der Waals surface area contributed by atoms with E-state index in [1.165, 1.54) is 0 Å². The Labute approximate surface area is 137 Å². The average molecular weight is 312 g/mol. The van der Waals surface area contributed by atoms with Crippen molar-refractivity contribution >= 4 is 5.91 Å². The first-order valence-electron chi connectivity index (χ1n) is 8.64. The van der Waals surface area contributed by atoms with E-state index in [1.807, 2.05) is 20.8 Å². The van der Waals surface area contributed by atoms with Crippen LogP contribution in [0.4, 0.5) is 0 Å². The highest BCUT2D eigenvalue weighted by molar-refractivity contribution is 5.81. The minimum absolute atomic E-state index is 0.142. The second kappa shape index (κ2) is 7.31. The molecule has 0 saturated carbocycles. The Kier molecular flexibility index (Phi) is 6.46. The van der Waals surface area contributed by atoms with Gasteiger partial charge in [-0.1, -0.05) is 20.8 Å². The van der Waals surface area contributed by atoms with Gasteiger partial charge < -0.3 is 9.80 Å². The third-order valence-corrected chi connectivity index (χ3v) is 4.85. The highest BCUT2D eigenvalue weighted by atomic mass is 16.2. The van der Waals surface area contributed by atoms with Crippen LogP contribution in [0.1, 0.15) is 54.4 Å². The van der Waals surface area contributed by atoms with Crippen LogP contribution in [0.5, 0.6) is 0 Å². The highest BCUT2D eigenvalue weighted by Gasteiger charge is 2.33. The lowest BCUT2D eigenvalue weighted by atomic mass is 9.92. The number of carbonyl (C=O) groups is 1. The largest absolute Gasteiger partial charge is 0.338 e. The van der Waals surface area contributed by atoms with Crippen LogP contribution in [0, 0.1) is 5.41 Å². The summed E-state index contributed by atoms with van der Waals surface area (Å²) in [6.07, 6.45) is 2.19. The van der Waals surface area contributed by atoms with Crippen LogP contribution in [0.15, 0.2) is 0 Å². The summed E-state index contributed by atoms with van der Waals surface area (Å²) in [4.78, 5) is 19.8. The Balaban J connectivity index is 2.77. The van der Waals surface area contributed by atoms with Gasteiger partial charge >= 0.3 is 0 Å². The van der Waals surface area contributed by atoms with Crippen molar-refractivity contribution in [3.8, 4) is 0 Å². The van der Waals surface area contributed by atoms with E-state index < -0.39 is 0 Å². The minimum Gasteiger partial charge on any atom is -0.338 e. The molecule has 0 atom stereocenters. The van der Waals surface area contributed by atoms with Crippen molar-refractivity contribution in [3.05, 3.63) is 0 Å². The molecule has 1 fully saturated rings. The fourth-order valence-corrected chi connectivity index (χ4v) is 2.78. The molecule has 0 aromatic carbocycles. The molecule has 1 heterocycles. The van der Waals surface area contributed by atoms with Gasteiger partial charge in [0.25, 0.3) is 0 Å². The summed E-state index contributed by atoms with van der Waals surface area (Å²) in [5, 5.41) is 0. The summed E-state index contributed by atoms with van der Waals surface area (Å²) in [6.45, 7) is 16.7. The van der Waals surface area contributed by atoms with Gasteiger partial charge in [-0.3, -0.25) is 9.69 Å². The average Bonchev–Trinajstić information content (AvgIpc) is 2.38. The molecule has 0 aliphatic carbocycles. The maximum absolute atomic E-state index is 12.9. The third-order valence-electron chi connectivity index (χ3n) is 4.85. The third kappa shape index (κ3) is 5.54. The van der Waals surface area contributed by atoms with E-state index in [2.05, 4.69) is 49.6 Å². The van der Waals surface area contributed by atoms with Crippen molar-refractivity contribution < 1.29 is 4.79 Å². The summed E-state index contributed by atoms with van der Waals surface area (Å²) < 4.78 is 0. The van der Waals surface area contributed by atoms with Crippen molar-refractivity contribution in [2.45, 2.75) is 66.0 Å². The molecule has 0 spiro atoms. The van der Waals surface area contributed by atoms with E-state index in [1.54, 1.807) is 0 Å². The van der Waals surface area contributed by atoms with Gasteiger partial charge in [-0.2, -0.15) is 0 Å². The van der Waals surface area contributed by atoms with Crippen LogP contribution in [0.3, 0.4) is 0 Å². The van der Waals surface area contributed by atoms with Gasteiger partial charge in [0.2, 0.25) is 5.91 Å². The maximum Gasteiger partial charge on any atom is 0.228 e. The molecule has 4 heteroatoms. The molecule has 0 radical (unpaired) electrons. The number of likely N-dealkylation sites (N-methyl/N-ethyl adjacent to an activating group) is 1. The summed E-state index contributed by atoms with van der Waals surface area (Å²) >= 11 is 0. The van der Waals surface area contributed by atoms with Gasteiger partial charge in [-0.25, -0.2) is 0 Å². The molecule has 4 nitrogen and oxygen atoms in total. The van der Waals surface area contributed by atoms with Crippen LogP contribution < -0.4 is 0 Å². The van der Waals surface area contributed by atoms with Crippen molar-refractivity contribution in [2.24, 2.45) is 5.41 Å². The molecule has 1 aliphatic rings. The number of likely N-dealkylation sites (tertiary alicyclic amines) is 1. The van der Waals surface area contributed by atoms with Crippen LogP contribution >= 0.6 is 0 Å². The van der Waals surface area contributed by atoms with Crippen molar-refractivity contribution in [1.82, 2.24) is 14.7 Å². The predicted octanol–water partition coefficient (Wildman–Crippen LogP) is 2.69. The molecule has 0 N–H and O–H groups in total. The van der Waals surface area contributed by atoms with Crippen LogP contribution in [0.2, 0.25) is 0 Å². The van der Waals surface area contributed by atoms with Gasteiger partial charge in [0.15, 0.2) is 0 Å². The summed E-state index contributed by atoms with van der Waals surface area (Å²) in [7, 11) is 4.31. The molecular formula is C18H37N3O. The number of nitrogens with zero attached hydrogens (tertiary/aromatic N) is 3. The lowest BCUT2D eigenvalue weighted by Crippen LogP contribution is -2.53. The second-order valence-electron chi connectivity index (χ2n) is 8.88. The Morgan fingerprint density at radius 3 is 1.95 bits per heavy atom. The Bertz CT molecular complexity index is 360. The highest BCUT2D eigenvalue weighted by Crippen LogP contribution is 2.24. The summed E-state index contributed by atoms with van der Waals surface area (Å²) in [5.41, 5.74) is -0.160. The van der Waals surface area contributed by atoms with Gasteiger partial charge in [0.1, 0.15) is 0 Å². The van der Waals surface area contributed by atoms with Crippen LogP contribution in [0.25, 0.3) is 0 Å². The Morgan fingerprint density at radius 2 is 1.55 bits per heavy atom. The van der Waals surface area contributed by atoms with E-state index in [9.17, 15) is 4.79 Å². The van der Waals surface area contributed by atoms with E-state index in [4.69, 9.17) is 0 Å². The van der Waals surface area contributed by atoms with Gasteiger partial charge in [0, 0.05) is 30.1 Å². The SMILES string of the molecule is CN1CCC(N(CCN(C)C(C)(C)C)C(=O)C(C)(C)C)CC1. The molecule has 130 valence electrons. The Hall–Kier alpha value is -0.610. The van der Waals surface area contributed by atoms with E-state index in [-0.39, 0.29) is 11.0 Å². The van der Waals surface area contributed by atoms with E-state index >= 15 is 0 Å². The number of hydrogen-bond acceptors (Lipinski definition) is 3. The molecule has 0 aromatic heterocycles. The molecule has 1 amide bonds. The molecule has 0 aromatic rings. The number of rotatable bonds is 4. The fraction of sp³-hybridized carbons (Fsp3) is 0.944. The Morgan fingerprint density at radius 1 is 1.05 bits per heavy atom. The number of piperidine rings is 1. The quantitative estimate of drug-likeness (QED) is 0.799. The summed E-state index contributed by atoms with van der Waals surface area (Å²) in [5.74, 6) is 0.296. The molecule has 0 bridgehead atoms. The first kappa shape index (κ1) is 19.4. The van der Waals surface area contributed by atoms with Crippen molar-refractivity contribution in [2.75, 3.05) is 40.3 Å². The molecule has 1 rings (SSSR count). The standard InChI is InChI=1S/C18H37N3O/c1-17(2,3)16(22)21(14-13-20(8)18(4,5)6)15-9-11-19(7)12-10-15/h15H,9-14H2,1-8H3. The second-order valence-corrected chi connectivity index (χ2v) is 8.88. The normalized spacial score (nSPS) is 18.8. The lowest BCUT2D eigenvalue weighted by Gasteiger charge is -2.42. The molecule has 0 unspecified atom stereocenters. The monoisotopic (exact) mass is 311 g/mol. The van der Waals surface area contributed by atoms with Gasteiger partial charge in [0.05, 0.1) is 0 Å². The van der Waals surface area contributed by atoms with E-state index in [0.717, 1.165) is 39.0 Å². The van der Waals surface area contributed by atoms with Crippen LogP contribution in [-0.2, 0) is 4.79 Å². The first-order valence-corrected chi connectivity index (χ1v) is 8.64. The molecule has 1 saturated heterocycles. The topological polar surface area (TPSA) is 26.8 Å². The van der Waals surface area contributed by atoms with Gasteiger partial charge in [-0.15, -0.1) is 0 Å². The fourth-order valence-electron chi connectivity index (χ4n) is 2.78. The zero-order valence-electron chi connectivity index (χ0n) is 16.1. The lowest BCUT2D eigenvalue weighted by molar-refractivity contribution is -0.143. The van der Waals surface area contributed by atoms with E-state index in [0.29, 0.717) is 11.9 Å². The maximum atomic E-state index is 12.9.